The fourth-order valence-corrected chi connectivity index (χ4v) is 5.84. The van der Waals surface area contributed by atoms with E-state index < -0.39 is 5.54 Å². The van der Waals surface area contributed by atoms with Crippen LogP contribution in [0, 0.1) is 0 Å². The van der Waals surface area contributed by atoms with Gasteiger partial charge in [-0.25, -0.2) is 4.79 Å². The Hall–Kier alpha value is -3.46. The van der Waals surface area contributed by atoms with Crippen molar-refractivity contribution < 1.29 is 23.5 Å². The van der Waals surface area contributed by atoms with Gasteiger partial charge < -0.3 is 29.4 Å². The second kappa shape index (κ2) is 8.89. The van der Waals surface area contributed by atoms with Gasteiger partial charge >= 0.3 is 6.03 Å². The normalized spacial score (nSPS) is 18.5. The maximum Gasteiger partial charge on any atom is 0.319 e. The molecule has 2 aliphatic heterocycles. The molecular weight excluding hydrogens is 484 g/mol. The maximum atomic E-state index is 13.6. The topological polar surface area (TPSA) is 106 Å². The van der Waals surface area contributed by atoms with Gasteiger partial charge in [-0.1, -0.05) is 30.9 Å². The molecule has 6 rings (SSSR count). The minimum atomic E-state index is -0.559. The van der Waals surface area contributed by atoms with Crippen molar-refractivity contribution in [2.24, 2.45) is 0 Å². The molecule has 0 bridgehead atoms. The van der Waals surface area contributed by atoms with Crippen molar-refractivity contribution in [3.8, 4) is 11.8 Å². The lowest BCUT2D eigenvalue weighted by atomic mass is 9.74. The minimum absolute atomic E-state index is 0.222. The van der Waals surface area contributed by atoms with Crippen LogP contribution in [0.25, 0.3) is 11.0 Å². The van der Waals surface area contributed by atoms with Crippen molar-refractivity contribution in [2.45, 2.75) is 51.1 Å². The summed E-state index contributed by atoms with van der Waals surface area (Å²) in [4.78, 5) is 32.2. The average Bonchev–Trinajstić information content (AvgIpc) is 3.16. The second-order valence-electron chi connectivity index (χ2n) is 9.48. The standard InChI is InChI=1S/C26H27ClN4O5/c1-2-34-19-7-6-15-14-31(10-11-35-23(15)28-19)24(32)18-13-16-12-17(27)21-20(22(16)36-18)26(30-25(33)29-21)8-4-3-5-9-26/h6-7,12-13H,2-5,8-11,14H2,1H3,(H2,29,30,33). The molecule has 9 nitrogen and oxygen atoms in total. The Balaban J connectivity index is 1.37. The molecular formula is C26H27ClN4O5. The average molecular weight is 511 g/mol. The minimum Gasteiger partial charge on any atom is -0.478 e. The number of nitrogens with zero attached hydrogens (tertiary/aromatic N) is 2. The monoisotopic (exact) mass is 510 g/mol. The zero-order chi connectivity index (χ0) is 24.9. The van der Waals surface area contributed by atoms with Crippen LogP contribution in [0.5, 0.6) is 11.8 Å². The number of hydrogen-bond acceptors (Lipinski definition) is 6. The van der Waals surface area contributed by atoms with Gasteiger partial charge in [0.05, 0.1) is 35.9 Å². The lowest BCUT2D eigenvalue weighted by Crippen LogP contribution is -2.52. The van der Waals surface area contributed by atoms with E-state index >= 15 is 0 Å². The molecule has 3 amide bonds. The van der Waals surface area contributed by atoms with Crippen LogP contribution in [-0.4, -0.2) is 41.6 Å². The highest BCUT2D eigenvalue weighted by molar-refractivity contribution is 6.35. The summed E-state index contributed by atoms with van der Waals surface area (Å²) in [5, 5.41) is 7.17. The third kappa shape index (κ3) is 3.82. The van der Waals surface area contributed by atoms with Crippen LogP contribution >= 0.6 is 11.6 Å². The SMILES string of the molecule is CCOc1ccc2c(n1)OCCN(C(=O)c1cc3cc(Cl)c4c(c3o1)C1(CCCCC1)NC(=O)N4)C2. The van der Waals surface area contributed by atoms with Crippen molar-refractivity contribution >= 4 is 40.2 Å². The molecule has 0 unspecified atom stereocenters. The van der Waals surface area contributed by atoms with Gasteiger partial charge in [-0.3, -0.25) is 4.79 Å². The van der Waals surface area contributed by atoms with Gasteiger partial charge in [0.15, 0.2) is 5.76 Å². The molecule has 10 heteroatoms. The highest BCUT2D eigenvalue weighted by Gasteiger charge is 2.44. The summed E-state index contributed by atoms with van der Waals surface area (Å²) >= 11 is 6.63. The van der Waals surface area contributed by atoms with Crippen LogP contribution < -0.4 is 20.1 Å². The van der Waals surface area contributed by atoms with Crippen LogP contribution in [0.4, 0.5) is 10.5 Å². The summed E-state index contributed by atoms with van der Waals surface area (Å²) in [5.41, 5.74) is 2.23. The van der Waals surface area contributed by atoms with E-state index in [1.807, 2.05) is 13.0 Å². The molecule has 4 heterocycles. The number of furan rings is 1. The first kappa shape index (κ1) is 23.0. The number of amides is 3. The van der Waals surface area contributed by atoms with Crippen LogP contribution in [0.1, 0.15) is 60.7 Å². The van der Waals surface area contributed by atoms with Gasteiger partial charge in [0, 0.05) is 22.6 Å². The van der Waals surface area contributed by atoms with E-state index in [1.54, 1.807) is 23.1 Å². The Kier molecular flexibility index (Phi) is 5.67. The Morgan fingerprint density at radius 1 is 1.25 bits per heavy atom. The van der Waals surface area contributed by atoms with Crippen LogP contribution in [-0.2, 0) is 12.1 Å². The van der Waals surface area contributed by atoms with E-state index in [1.165, 1.54) is 0 Å². The van der Waals surface area contributed by atoms with Gasteiger partial charge in [-0.15, -0.1) is 0 Å². The molecule has 3 aromatic rings. The lowest BCUT2D eigenvalue weighted by Gasteiger charge is -2.42. The quantitative estimate of drug-likeness (QED) is 0.501. The van der Waals surface area contributed by atoms with Crippen molar-refractivity contribution in [2.75, 3.05) is 25.1 Å². The smallest absolute Gasteiger partial charge is 0.319 e. The number of fused-ring (bicyclic) bond motifs is 5. The molecule has 3 aliphatic rings. The number of nitrogens with one attached hydrogen (secondary N) is 2. The number of urea groups is 1. The first-order valence-corrected chi connectivity index (χ1v) is 12.8. The molecule has 1 fully saturated rings. The fraction of sp³-hybridized carbons (Fsp3) is 0.423. The van der Waals surface area contributed by atoms with Gasteiger partial charge in [-0.2, -0.15) is 4.98 Å². The van der Waals surface area contributed by atoms with E-state index in [-0.39, 0.29) is 17.7 Å². The van der Waals surface area contributed by atoms with E-state index in [0.717, 1.165) is 48.6 Å². The first-order valence-electron chi connectivity index (χ1n) is 12.4. The molecule has 0 saturated heterocycles. The summed E-state index contributed by atoms with van der Waals surface area (Å²) in [6.45, 7) is 3.44. The molecule has 188 valence electrons. The Bertz CT molecular complexity index is 1360. The number of benzene rings is 1. The molecule has 1 aromatic carbocycles. The summed E-state index contributed by atoms with van der Waals surface area (Å²) in [7, 11) is 0. The van der Waals surface area contributed by atoms with Crippen LogP contribution in [0.3, 0.4) is 0 Å². The number of hydrogen-bond donors (Lipinski definition) is 2. The van der Waals surface area contributed by atoms with Crippen LogP contribution in [0.15, 0.2) is 28.7 Å². The lowest BCUT2D eigenvalue weighted by molar-refractivity contribution is 0.0703. The third-order valence-corrected chi connectivity index (χ3v) is 7.50. The molecule has 2 aromatic heterocycles. The zero-order valence-corrected chi connectivity index (χ0v) is 20.7. The molecule has 1 saturated carbocycles. The first-order chi connectivity index (χ1) is 17.5. The van der Waals surface area contributed by atoms with E-state index in [9.17, 15) is 9.59 Å². The van der Waals surface area contributed by atoms with Gasteiger partial charge in [-0.05, 0) is 38.0 Å². The molecule has 1 aliphatic carbocycles. The van der Waals surface area contributed by atoms with Crippen LogP contribution in [0.2, 0.25) is 5.02 Å². The van der Waals surface area contributed by atoms with E-state index in [4.69, 9.17) is 25.5 Å². The molecule has 2 N–H and O–H groups in total. The molecule has 0 atom stereocenters. The number of rotatable bonds is 3. The largest absolute Gasteiger partial charge is 0.478 e. The highest BCUT2D eigenvalue weighted by Crippen LogP contribution is 2.49. The summed E-state index contributed by atoms with van der Waals surface area (Å²) in [6.07, 6.45) is 4.69. The van der Waals surface area contributed by atoms with Gasteiger partial charge in [0.25, 0.3) is 5.91 Å². The van der Waals surface area contributed by atoms with Crippen molar-refractivity contribution in [1.29, 1.82) is 0 Å². The van der Waals surface area contributed by atoms with Crippen molar-refractivity contribution in [1.82, 2.24) is 15.2 Å². The maximum absolute atomic E-state index is 13.6. The molecule has 1 spiro atoms. The zero-order valence-electron chi connectivity index (χ0n) is 20.0. The Morgan fingerprint density at radius 3 is 2.89 bits per heavy atom. The predicted molar refractivity (Wildman–Crippen MR) is 134 cm³/mol. The Labute approximate surface area is 213 Å². The number of halogens is 1. The molecule has 0 radical (unpaired) electrons. The van der Waals surface area contributed by atoms with E-state index in [0.29, 0.717) is 54.4 Å². The van der Waals surface area contributed by atoms with Gasteiger partial charge in [0.1, 0.15) is 12.2 Å². The number of pyridine rings is 1. The van der Waals surface area contributed by atoms with Crippen molar-refractivity contribution in [3.63, 3.8) is 0 Å². The van der Waals surface area contributed by atoms with Crippen molar-refractivity contribution in [3.05, 3.63) is 46.2 Å². The Morgan fingerprint density at radius 2 is 2.08 bits per heavy atom. The number of carbonyl (C=O) groups is 2. The second-order valence-corrected chi connectivity index (χ2v) is 9.89. The van der Waals surface area contributed by atoms with Gasteiger partial charge in [0.2, 0.25) is 11.8 Å². The molecule has 36 heavy (non-hydrogen) atoms. The number of carbonyl (C=O) groups excluding carboxylic acids is 2. The number of aromatic nitrogens is 1. The van der Waals surface area contributed by atoms with E-state index in [2.05, 4.69) is 15.6 Å². The highest BCUT2D eigenvalue weighted by atomic mass is 35.5. The number of ether oxygens (including phenoxy) is 2. The summed E-state index contributed by atoms with van der Waals surface area (Å²) in [6, 6.07) is 6.87. The fourth-order valence-electron chi connectivity index (χ4n) is 5.58. The third-order valence-electron chi connectivity index (χ3n) is 7.20. The summed E-state index contributed by atoms with van der Waals surface area (Å²) in [5.74, 6) is 0.946. The number of anilines is 1. The predicted octanol–water partition coefficient (Wildman–Crippen LogP) is 5.21. The summed E-state index contributed by atoms with van der Waals surface area (Å²) < 4.78 is 17.5.